The highest BCUT2D eigenvalue weighted by atomic mass is 35.5. The molecule has 0 aliphatic rings. The van der Waals surface area contributed by atoms with Crippen LogP contribution in [0.2, 0.25) is 10.0 Å². The molecule has 1 N–H and O–H groups in total. The SMILES string of the molecule is COc1ccc(/C=N/NC(=O)c2ccc(Cl)cc2Cl)c(OC)c1OC. The first kappa shape index (κ1) is 18.9. The van der Waals surface area contributed by atoms with E-state index in [1.807, 2.05) is 0 Å². The van der Waals surface area contributed by atoms with Gasteiger partial charge in [-0.1, -0.05) is 23.2 Å². The Morgan fingerprint density at radius 3 is 2.36 bits per heavy atom. The van der Waals surface area contributed by atoms with Crippen molar-refractivity contribution in [1.29, 1.82) is 0 Å². The Morgan fingerprint density at radius 1 is 1.04 bits per heavy atom. The summed E-state index contributed by atoms with van der Waals surface area (Å²) >= 11 is 11.8. The van der Waals surface area contributed by atoms with Crippen LogP contribution < -0.4 is 19.6 Å². The molecule has 0 saturated heterocycles. The van der Waals surface area contributed by atoms with Gasteiger partial charge < -0.3 is 14.2 Å². The second-order valence-electron chi connectivity index (χ2n) is 4.75. The largest absolute Gasteiger partial charge is 0.493 e. The third kappa shape index (κ3) is 4.35. The molecule has 0 atom stereocenters. The summed E-state index contributed by atoms with van der Waals surface area (Å²) in [4.78, 5) is 12.1. The van der Waals surface area contributed by atoms with E-state index in [2.05, 4.69) is 10.5 Å². The van der Waals surface area contributed by atoms with Gasteiger partial charge in [-0.05, 0) is 30.3 Å². The maximum absolute atomic E-state index is 12.1. The monoisotopic (exact) mass is 382 g/mol. The number of hydrogen-bond donors (Lipinski definition) is 1. The first-order valence-corrected chi connectivity index (χ1v) is 7.84. The van der Waals surface area contributed by atoms with Gasteiger partial charge in [0.25, 0.3) is 5.91 Å². The van der Waals surface area contributed by atoms with E-state index in [9.17, 15) is 4.79 Å². The molecule has 0 aromatic heterocycles. The first-order chi connectivity index (χ1) is 12.0. The number of methoxy groups -OCH3 is 3. The van der Waals surface area contributed by atoms with Crippen LogP contribution in [0.15, 0.2) is 35.4 Å². The highest BCUT2D eigenvalue weighted by Gasteiger charge is 2.15. The summed E-state index contributed by atoms with van der Waals surface area (Å²) in [6.45, 7) is 0. The molecule has 2 aromatic carbocycles. The molecule has 0 radical (unpaired) electrons. The number of rotatable bonds is 6. The van der Waals surface area contributed by atoms with E-state index in [1.54, 1.807) is 18.2 Å². The number of carbonyl (C=O) groups is 1. The summed E-state index contributed by atoms with van der Waals surface area (Å²) < 4.78 is 15.8. The predicted octanol–water partition coefficient (Wildman–Crippen LogP) is 3.78. The van der Waals surface area contributed by atoms with Crippen molar-refractivity contribution in [2.24, 2.45) is 5.10 Å². The Morgan fingerprint density at radius 2 is 1.76 bits per heavy atom. The molecule has 2 rings (SSSR count). The lowest BCUT2D eigenvalue weighted by Gasteiger charge is -2.13. The molecule has 0 spiro atoms. The average molecular weight is 383 g/mol. The van der Waals surface area contributed by atoms with Crippen molar-refractivity contribution in [1.82, 2.24) is 5.43 Å². The Hall–Kier alpha value is -2.44. The Balaban J connectivity index is 2.20. The number of hydrazone groups is 1. The van der Waals surface area contributed by atoms with Crippen molar-refractivity contribution >= 4 is 35.3 Å². The Labute approximate surface area is 155 Å². The van der Waals surface area contributed by atoms with Gasteiger partial charge in [-0.15, -0.1) is 0 Å². The zero-order valence-corrected chi connectivity index (χ0v) is 15.3. The van der Waals surface area contributed by atoms with Crippen LogP contribution in [0.1, 0.15) is 15.9 Å². The lowest BCUT2D eigenvalue weighted by atomic mass is 10.2. The Bertz CT molecular complexity index is 809. The number of halogens is 2. The van der Waals surface area contributed by atoms with Crippen molar-refractivity contribution in [2.45, 2.75) is 0 Å². The maximum atomic E-state index is 12.1. The van der Waals surface area contributed by atoms with E-state index < -0.39 is 5.91 Å². The van der Waals surface area contributed by atoms with Gasteiger partial charge in [0.1, 0.15) is 0 Å². The number of hydrogen-bond acceptors (Lipinski definition) is 5. The van der Waals surface area contributed by atoms with Crippen LogP contribution >= 0.6 is 23.2 Å². The maximum Gasteiger partial charge on any atom is 0.272 e. The number of carbonyl (C=O) groups excluding carboxylic acids is 1. The minimum absolute atomic E-state index is 0.240. The number of nitrogens with one attached hydrogen (secondary N) is 1. The van der Waals surface area contributed by atoms with Gasteiger partial charge in [0.2, 0.25) is 5.75 Å². The van der Waals surface area contributed by atoms with Crippen LogP contribution in [-0.4, -0.2) is 33.5 Å². The molecule has 1 amide bonds. The third-order valence-corrected chi connectivity index (χ3v) is 3.83. The van der Waals surface area contributed by atoms with Crippen molar-refractivity contribution < 1.29 is 19.0 Å². The standard InChI is InChI=1S/C17H16Cl2N2O4/c1-23-14-7-4-10(15(24-2)16(14)25-3)9-20-21-17(22)12-6-5-11(18)8-13(12)19/h4-9H,1-3H3,(H,21,22)/b20-9+. The van der Waals surface area contributed by atoms with E-state index in [-0.39, 0.29) is 10.6 Å². The average Bonchev–Trinajstić information content (AvgIpc) is 2.60. The molecule has 6 nitrogen and oxygen atoms in total. The normalized spacial score (nSPS) is 10.6. The van der Waals surface area contributed by atoms with Gasteiger partial charge in [-0.3, -0.25) is 4.79 Å². The van der Waals surface area contributed by atoms with Gasteiger partial charge in [0.15, 0.2) is 11.5 Å². The highest BCUT2D eigenvalue weighted by molar-refractivity contribution is 6.36. The lowest BCUT2D eigenvalue weighted by molar-refractivity contribution is 0.0955. The molecule has 132 valence electrons. The third-order valence-electron chi connectivity index (χ3n) is 3.28. The van der Waals surface area contributed by atoms with Gasteiger partial charge in [-0.25, -0.2) is 5.43 Å². The number of ether oxygens (including phenoxy) is 3. The van der Waals surface area contributed by atoms with Crippen LogP contribution in [0.25, 0.3) is 0 Å². The lowest BCUT2D eigenvalue weighted by Crippen LogP contribution is -2.18. The zero-order chi connectivity index (χ0) is 18.4. The minimum atomic E-state index is -0.461. The summed E-state index contributed by atoms with van der Waals surface area (Å²) in [5.41, 5.74) is 3.27. The molecule has 0 saturated carbocycles. The fourth-order valence-electron chi connectivity index (χ4n) is 2.12. The van der Waals surface area contributed by atoms with Crippen LogP contribution in [0.3, 0.4) is 0 Å². The number of amides is 1. The van der Waals surface area contributed by atoms with Gasteiger partial charge in [-0.2, -0.15) is 5.10 Å². The summed E-state index contributed by atoms with van der Waals surface area (Å²) in [6, 6.07) is 8.01. The second kappa shape index (κ2) is 8.60. The summed E-state index contributed by atoms with van der Waals surface area (Å²) in [7, 11) is 4.54. The fraction of sp³-hybridized carbons (Fsp3) is 0.176. The molecule has 25 heavy (non-hydrogen) atoms. The van der Waals surface area contributed by atoms with Gasteiger partial charge in [0.05, 0.1) is 38.1 Å². The van der Waals surface area contributed by atoms with Crippen LogP contribution in [0, 0.1) is 0 Å². The van der Waals surface area contributed by atoms with E-state index >= 15 is 0 Å². The number of nitrogens with zero attached hydrogens (tertiary/aromatic N) is 1. The fourth-order valence-corrected chi connectivity index (χ4v) is 2.61. The predicted molar refractivity (Wildman–Crippen MR) is 97.6 cm³/mol. The molecule has 0 aliphatic carbocycles. The van der Waals surface area contributed by atoms with Gasteiger partial charge >= 0.3 is 0 Å². The van der Waals surface area contributed by atoms with E-state index in [0.29, 0.717) is 27.8 Å². The Kier molecular flexibility index (Phi) is 6.50. The summed E-state index contributed by atoms with van der Waals surface area (Å²) in [5, 5.41) is 4.61. The number of benzene rings is 2. The van der Waals surface area contributed by atoms with Crippen molar-refractivity contribution in [2.75, 3.05) is 21.3 Å². The molecule has 0 aliphatic heterocycles. The minimum Gasteiger partial charge on any atom is -0.493 e. The molecule has 0 bridgehead atoms. The molecule has 0 fully saturated rings. The van der Waals surface area contributed by atoms with Crippen molar-refractivity contribution in [3.63, 3.8) is 0 Å². The quantitative estimate of drug-likeness (QED) is 0.609. The van der Waals surface area contributed by atoms with Crippen LogP contribution in [0.5, 0.6) is 17.2 Å². The van der Waals surface area contributed by atoms with Gasteiger partial charge in [0, 0.05) is 10.6 Å². The van der Waals surface area contributed by atoms with Crippen molar-refractivity contribution in [3.8, 4) is 17.2 Å². The van der Waals surface area contributed by atoms with E-state index in [0.717, 1.165) is 0 Å². The molecule has 0 unspecified atom stereocenters. The zero-order valence-electron chi connectivity index (χ0n) is 13.8. The molecular weight excluding hydrogens is 367 g/mol. The van der Waals surface area contributed by atoms with E-state index in [1.165, 1.54) is 39.7 Å². The summed E-state index contributed by atoms with van der Waals surface area (Å²) in [6.07, 6.45) is 1.43. The highest BCUT2D eigenvalue weighted by Crippen LogP contribution is 2.38. The van der Waals surface area contributed by atoms with Crippen LogP contribution in [-0.2, 0) is 0 Å². The topological polar surface area (TPSA) is 69.2 Å². The molecule has 0 heterocycles. The molecular formula is C17H16Cl2N2O4. The van der Waals surface area contributed by atoms with E-state index in [4.69, 9.17) is 37.4 Å². The van der Waals surface area contributed by atoms with Crippen molar-refractivity contribution in [3.05, 3.63) is 51.5 Å². The smallest absolute Gasteiger partial charge is 0.272 e. The second-order valence-corrected chi connectivity index (χ2v) is 5.59. The molecule has 8 heteroatoms. The summed E-state index contributed by atoms with van der Waals surface area (Å²) in [5.74, 6) is 0.927. The first-order valence-electron chi connectivity index (χ1n) is 7.09. The molecule has 2 aromatic rings. The van der Waals surface area contributed by atoms with Crippen LogP contribution in [0.4, 0.5) is 0 Å².